The molecular weight excluding hydrogens is 194 g/mol. The molecule has 1 heteroatoms. The number of rotatable bonds is 4. The van der Waals surface area contributed by atoms with E-state index in [1.165, 1.54) is 16.9 Å². The Kier molecular flexibility index (Phi) is 4.84. The number of hydrogen-bond acceptors (Lipinski definition) is 1. The van der Waals surface area contributed by atoms with Gasteiger partial charge in [0.25, 0.3) is 0 Å². The van der Waals surface area contributed by atoms with Crippen LogP contribution in [0.3, 0.4) is 0 Å². The SMILES string of the molecule is C/C=C\C(=C/CC)N(C)c1ccc(C)cc1. The largest absolute Gasteiger partial charge is 0.345 e. The Balaban J connectivity index is 2.94. The summed E-state index contributed by atoms with van der Waals surface area (Å²) in [6, 6.07) is 8.60. The highest BCUT2D eigenvalue weighted by molar-refractivity contribution is 5.54. The molecule has 1 aromatic rings. The quantitative estimate of drug-likeness (QED) is 0.677. The molecule has 0 unspecified atom stereocenters. The molecule has 16 heavy (non-hydrogen) atoms. The first-order valence-electron chi connectivity index (χ1n) is 5.82. The van der Waals surface area contributed by atoms with E-state index in [1.807, 2.05) is 6.92 Å². The first-order valence-corrected chi connectivity index (χ1v) is 5.82. The smallest absolute Gasteiger partial charge is 0.0408 e. The molecule has 0 saturated carbocycles. The lowest BCUT2D eigenvalue weighted by Gasteiger charge is -2.21. The molecule has 0 atom stereocenters. The van der Waals surface area contributed by atoms with Crippen molar-refractivity contribution in [2.45, 2.75) is 27.2 Å². The molecule has 0 fully saturated rings. The Morgan fingerprint density at radius 3 is 2.38 bits per heavy atom. The molecule has 0 saturated heterocycles. The van der Waals surface area contributed by atoms with Crippen molar-refractivity contribution >= 4 is 5.69 Å². The molecule has 0 amide bonds. The van der Waals surface area contributed by atoms with Crippen LogP contribution in [0.5, 0.6) is 0 Å². The first-order chi connectivity index (χ1) is 7.69. The van der Waals surface area contributed by atoms with Crippen molar-refractivity contribution in [1.82, 2.24) is 0 Å². The fourth-order valence-corrected chi connectivity index (χ4v) is 1.61. The highest BCUT2D eigenvalue weighted by Gasteiger charge is 2.02. The van der Waals surface area contributed by atoms with Crippen molar-refractivity contribution in [2.24, 2.45) is 0 Å². The topological polar surface area (TPSA) is 3.24 Å². The van der Waals surface area contributed by atoms with Gasteiger partial charge in [0.2, 0.25) is 0 Å². The van der Waals surface area contributed by atoms with Gasteiger partial charge >= 0.3 is 0 Å². The Morgan fingerprint density at radius 2 is 1.88 bits per heavy atom. The molecule has 86 valence electrons. The zero-order valence-electron chi connectivity index (χ0n) is 10.7. The summed E-state index contributed by atoms with van der Waals surface area (Å²) in [5.41, 5.74) is 3.77. The molecule has 0 aliphatic rings. The summed E-state index contributed by atoms with van der Waals surface area (Å²) >= 11 is 0. The summed E-state index contributed by atoms with van der Waals surface area (Å²) in [6.45, 7) is 6.32. The number of anilines is 1. The zero-order valence-corrected chi connectivity index (χ0v) is 10.7. The van der Waals surface area contributed by atoms with E-state index < -0.39 is 0 Å². The van der Waals surface area contributed by atoms with Gasteiger partial charge in [0.15, 0.2) is 0 Å². The predicted molar refractivity (Wildman–Crippen MR) is 72.8 cm³/mol. The molecule has 1 rings (SSSR count). The van der Waals surface area contributed by atoms with Crippen molar-refractivity contribution in [3.63, 3.8) is 0 Å². The van der Waals surface area contributed by atoms with Crippen LogP contribution in [0.4, 0.5) is 5.69 Å². The molecule has 0 bridgehead atoms. The number of nitrogens with zero attached hydrogens (tertiary/aromatic N) is 1. The molecule has 1 aromatic carbocycles. The van der Waals surface area contributed by atoms with E-state index in [0.717, 1.165) is 6.42 Å². The van der Waals surface area contributed by atoms with E-state index in [2.05, 4.69) is 68.3 Å². The van der Waals surface area contributed by atoms with Gasteiger partial charge in [-0.05, 0) is 38.5 Å². The number of likely N-dealkylation sites (N-methyl/N-ethyl adjacent to an activating group) is 1. The van der Waals surface area contributed by atoms with Crippen LogP contribution in [0.1, 0.15) is 25.8 Å². The first kappa shape index (κ1) is 12.6. The average molecular weight is 215 g/mol. The molecule has 0 aliphatic heterocycles. The Bertz CT molecular complexity index is 371. The summed E-state index contributed by atoms with van der Waals surface area (Å²) in [5.74, 6) is 0. The van der Waals surface area contributed by atoms with E-state index in [-0.39, 0.29) is 0 Å². The lowest BCUT2D eigenvalue weighted by molar-refractivity contribution is 1.09. The van der Waals surface area contributed by atoms with Crippen LogP contribution in [-0.2, 0) is 0 Å². The van der Waals surface area contributed by atoms with Crippen molar-refractivity contribution < 1.29 is 0 Å². The maximum atomic E-state index is 2.24. The lowest BCUT2D eigenvalue weighted by Crippen LogP contribution is -2.14. The van der Waals surface area contributed by atoms with Crippen LogP contribution in [0.25, 0.3) is 0 Å². The minimum Gasteiger partial charge on any atom is -0.345 e. The van der Waals surface area contributed by atoms with Gasteiger partial charge in [-0.2, -0.15) is 0 Å². The summed E-state index contributed by atoms with van der Waals surface area (Å²) < 4.78 is 0. The van der Waals surface area contributed by atoms with Gasteiger partial charge in [0, 0.05) is 18.4 Å². The molecule has 1 nitrogen and oxygen atoms in total. The third-order valence-electron chi connectivity index (χ3n) is 2.56. The molecule has 0 spiro atoms. The summed E-state index contributed by atoms with van der Waals surface area (Å²) in [7, 11) is 2.10. The average Bonchev–Trinajstić information content (AvgIpc) is 2.29. The van der Waals surface area contributed by atoms with Crippen LogP contribution in [0, 0.1) is 6.92 Å². The molecule has 0 aromatic heterocycles. The summed E-state index contributed by atoms with van der Waals surface area (Å²) in [5, 5.41) is 0. The second-order valence-corrected chi connectivity index (χ2v) is 3.93. The fraction of sp³-hybridized carbons (Fsp3) is 0.333. The van der Waals surface area contributed by atoms with Gasteiger partial charge in [-0.15, -0.1) is 0 Å². The van der Waals surface area contributed by atoms with Crippen molar-refractivity contribution in [3.05, 3.63) is 53.8 Å². The van der Waals surface area contributed by atoms with E-state index in [0.29, 0.717) is 0 Å². The van der Waals surface area contributed by atoms with Gasteiger partial charge in [-0.3, -0.25) is 0 Å². The van der Waals surface area contributed by atoms with Gasteiger partial charge in [-0.1, -0.05) is 36.8 Å². The summed E-state index contributed by atoms with van der Waals surface area (Å²) in [4.78, 5) is 2.21. The number of benzene rings is 1. The Morgan fingerprint density at radius 1 is 1.25 bits per heavy atom. The maximum Gasteiger partial charge on any atom is 0.0408 e. The molecule has 0 N–H and O–H groups in total. The number of aryl methyl sites for hydroxylation is 1. The Labute approximate surface area is 99.1 Å². The van der Waals surface area contributed by atoms with Crippen LogP contribution < -0.4 is 4.90 Å². The minimum atomic E-state index is 1.05. The third kappa shape index (κ3) is 3.27. The van der Waals surface area contributed by atoms with Crippen LogP contribution >= 0.6 is 0 Å². The van der Waals surface area contributed by atoms with Crippen molar-refractivity contribution in [1.29, 1.82) is 0 Å². The summed E-state index contributed by atoms with van der Waals surface area (Å²) in [6.07, 6.45) is 7.51. The lowest BCUT2D eigenvalue weighted by atomic mass is 10.2. The number of hydrogen-bond donors (Lipinski definition) is 0. The van der Waals surface area contributed by atoms with Gasteiger partial charge < -0.3 is 4.90 Å². The third-order valence-corrected chi connectivity index (χ3v) is 2.56. The van der Waals surface area contributed by atoms with Crippen LogP contribution in [-0.4, -0.2) is 7.05 Å². The van der Waals surface area contributed by atoms with Crippen LogP contribution in [0.2, 0.25) is 0 Å². The number of allylic oxidation sites excluding steroid dienone is 3. The monoisotopic (exact) mass is 215 g/mol. The second kappa shape index (κ2) is 6.16. The molecular formula is C15H21N. The van der Waals surface area contributed by atoms with Gasteiger partial charge in [-0.25, -0.2) is 0 Å². The normalized spacial score (nSPS) is 12.1. The van der Waals surface area contributed by atoms with Crippen molar-refractivity contribution in [2.75, 3.05) is 11.9 Å². The molecule has 0 aliphatic carbocycles. The predicted octanol–water partition coefficient (Wildman–Crippen LogP) is 4.30. The maximum absolute atomic E-state index is 2.24. The highest BCUT2D eigenvalue weighted by Crippen LogP contribution is 2.18. The molecule has 0 radical (unpaired) electrons. The Hall–Kier alpha value is -1.50. The highest BCUT2D eigenvalue weighted by atomic mass is 15.1. The van der Waals surface area contributed by atoms with E-state index in [9.17, 15) is 0 Å². The standard InChI is InChI=1S/C15H21N/c1-5-7-14(8-6-2)16(4)15-11-9-13(3)10-12-15/h5,7-12H,6H2,1-4H3/b7-5-,14-8+. The van der Waals surface area contributed by atoms with E-state index in [4.69, 9.17) is 0 Å². The minimum absolute atomic E-state index is 1.05. The van der Waals surface area contributed by atoms with E-state index in [1.54, 1.807) is 0 Å². The molecule has 0 heterocycles. The van der Waals surface area contributed by atoms with E-state index >= 15 is 0 Å². The van der Waals surface area contributed by atoms with Gasteiger partial charge in [0.1, 0.15) is 0 Å². The fourth-order valence-electron chi connectivity index (χ4n) is 1.61. The zero-order chi connectivity index (χ0) is 12.0. The second-order valence-electron chi connectivity index (χ2n) is 3.93. The van der Waals surface area contributed by atoms with Gasteiger partial charge in [0.05, 0.1) is 0 Å². The van der Waals surface area contributed by atoms with Crippen LogP contribution in [0.15, 0.2) is 48.2 Å². The van der Waals surface area contributed by atoms with Crippen molar-refractivity contribution in [3.8, 4) is 0 Å².